The zero-order valence-corrected chi connectivity index (χ0v) is 19.3. The van der Waals surface area contributed by atoms with Gasteiger partial charge in [0.05, 0.1) is 6.61 Å². The summed E-state index contributed by atoms with van der Waals surface area (Å²) in [7, 11) is 0. The molecule has 0 unspecified atom stereocenters. The van der Waals surface area contributed by atoms with E-state index >= 15 is 0 Å². The first-order chi connectivity index (χ1) is 14.8. The first-order valence-electron chi connectivity index (χ1n) is 10.6. The van der Waals surface area contributed by atoms with Crippen LogP contribution >= 0.6 is 0 Å². The molecule has 1 amide bonds. The number of aryl methyl sites for hydroxylation is 5. The highest BCUT2D eigenvalue weighted by atomic mass is 16.5. The van der Waals surface area contributed by atoms with Gasteiger partial charge in [0.2, 0.25) is 0 Å². The SMILES string of the molecule is CCOc1ccc(C(=O)Nc2c(C)cc(C)cc2C)cc1COc1ccc(C)c(C)c1. The lowest BCUT2D eigenvalue weighted by Gasteiger charge is -2.15. The van der Waals surface area contributed by atoms with Crippen LogP contribution in [0.1, 0.15) is 50.7 Å². The molecular weight excluding hydrogens is 386 g/mol. The van der Waals surface area contributed by atoms with Crippen molar-refractivity contribution in [2.45, 2.75) is 48.1 Å². The third kappa shape index (κ3) is 5.46. The largest absolute Gasteiger partial charge is 0.493 e. The molecule has 31 heavy (non-hydrogen) atoms. The summed E-state index contributed by atoms with van der Waals surface area (Å²) in [4.78, 5) is 13.0. The average molecular weight is 418 g/mol. The molecule has 0 aromatic heterocycles. The number of hydrogen-bond donors (Lipinski definition) is 1. The van der Waals surface area contributed by atoms with E-state index in [1.165, 1.54) is 16.7 Å². The quantitative estimate of drug-likeness (QED) is 0.480. The number of carbonyl (C=O) groups excluding carboxylic acids is 1. The van der Waals surface area contributed by atoms with Crippen LogP contribution in [0.4, 0.5) is 5.69 Å². The maximum atomic E-state index is 13.0. The molecule has 3 aromatic rings. The van der Waals surface area contributed by atoms with Gasteiger partial charge in [0, 0.05) is 16.8 Å². The number of rotatable bonds is 7. The summed E-state index contributed by atoms with van der Waals surface area (Å²) in [6.07, 6.45) is 0. The van der Waals surface area contributed by atoms with E-state index in [1.807, 2.05) is 51.1 Å². The molecule has 0 aliphatic carbocycles. The lowest BCUT2D eigenvalue weighted by atomic mass is 10.0. The zero-order valence-electron chi connectivity index (χ0n) is 19.3. The molecule has 0 saturated heterocycles. The van der Waals surface area contributed by atoms with Crippen LogP contribution in [0.3, 0.4) is 0 Å². The second kappa shape index (κ2) is 9.69. The van der Waals surface area contributed by atoms with Crippen LogP contribution in [0.5, 0.6) is 11.5 Å². The average Bonchev–Trinajstić information content (AvgIpc) is 2.72. The summed E-state index contributed by atoms with van der Waals surface area (Å²) in [5.41, 5.74) is 7.95. The minimum atomic E-state index is -0.148. The molecule has 0 radical (unpaired) electrons. The molecule has 1 N–H and O–H groups in total. The zero-order chi connectivity index (χ0) is 22.5. The van der Waals surface area contributed by atoms with Crippen LogP contribution in [-0.2, 0) is 6.61 Å². The minimum Gasteiger partial charge on any atom is -0.493 e. The Morgan fingerprint density at radius 2 is 1.52 bits per heavy atom. The molecule has 3 rings (SSSR count). The highest BCUT2D eigenvalue weighted by Gasteiger charge is 2.14. The second-order valence-corrected chi connectivity index (χ2v) is 8.02. The van der Waals surface area contributed by atoms with Gasteiger partial charge in [-0.1, -0.05) is 23.8 Å². The standard InChI is InChI=1S/C27H31NO3/c1-7-30-25-11-9-22(27(29)28-26-20(5)12-17(2)13-21(26)6)15-23(25)16-31-24-10-8-18(3)19(4)14-24/h8-15H,7,16H2,1-6H3,(H,28,29). The van der Waals surface area contributed by atoms with E-state index in [4.69, 9.17) is 9.47 Å². The van der Waals surface area contributed by atoms with E-state index in [0.29, 0.717) is 18.8 Å². The minimum absolute atomic E-state index is 0.148. The molecule has 4 heteroatoms. The molecule has 0 heterocycles. The van der Waals surface area contributed by atoms with E-state index in [9.17, 15) is 4.79 Å². The maximum absolute atomic E-state index is 13.0. The lowest BCUT2D eigenvalue weighted by molar-refractivity contribution is 0.102. The monoisotopic (exact) mass is 417 g/mol. The number of carbonyl (C=O) groups is 1. The van der Waals surface area contributed by atoms with E-state index < -0.39 is 0 Å². The van der Waals surface area contributed by atoms with Crippen molar-refractivity contribution in [2.24, 2.45) is 0 Å². The van der Waals surface area contributed by atoms with Crippen LogP contribution < -0.4 is 14.8 Å². The lowest BCUT2D eigenvalue weighted by Crippen LogP contribution is -2.15. The van der Waals surface area contributed by atoms with Gasteiger partial charge in [-0.05, 0) is 94.1 Å². The Morgan fingerprint density at radius 3 is 2.16 bits per heavy atom. The highest BCUT2D eigenvalue weighted by Crippen LogP contribution is 2.26. The van der Waals surface area contributed by atoms with Crippen molar-refractivity contribution in [2.75, 3.05) is 11.9 Å². The molecule has 0 fully saturated rings. The summed E-state index contributed by atoms with van der Waals surface area (Å²) in [5, 5.41) is 3.07. The fraction of sp³-hybridized carbons (Fsp3) is 0.296. The van der Waals surface area contributed by atoms with Gasteiger partial charge in [-0.15, -0.1) is 0 Å². The predicted molar refractivity (Wildman–Crippen MR) is 126 cm³/mol. The number of ether oxygens (including phenoxy) is 2. The molecule has 0 spiro atoms. The van der Waals surface area contributed by atoms with Crippen molar-refractivity contribution in [3.63, 3.8) is 0 Å². The summed E-state index contributed by atoms with van der Waals surface area (Å²) in [6, 6.07) is 15.7. The van der Waals surface area contributed by atoms with Gasteiger partial charge in [-0.25, -0.2) is 0 Å². The summed E-state index contributed by atoms with van der Waals surface area (Å²) >= 11 is 0. The molecule has 4 nitrogen and oxygen atoms in total. The van der Waals surface area contributed by atoms with Crippen molar-refractivity contribution >= 4 is 11.6 Å². The molecular formula is C27H31NO3. The van der Waals surface area contributed by atoms with Crippen LogP contribution in [0.15, 0.2) is 48.5 Å². The molecule has 0 aliphatic heterocycles. The van der Waals surface area contributed by atoms with E-state index in [-0.39, 0.29) is 5.91 Å². The smallest absolute Gasteiger partial charge is 0.255 e. The topological polar surface area (TPSA) is 47.6 Å². The van der Waals surface area contributed by atoms with E-state index in [2.05, 4.69) is 38.2 Å². The Morgan fingerprint density at radius 1 is 0.806 bits per heavy atom. The maximum Gasteiger partial charge on any atom is 0.255 e. The molecule has 0 atom stereocenters. The number of hydrogen-bond acceptors (Lipinski definition) is 3. The molecule has 3 aromatic carbocycles. The molecule has 0 saturated carbocycles. The number of anilines is 1. The van der Waals surface area contributed by atoms with Gasteiger partial charge in [-0.3, -0.25) is 4.79 Å². The third-order valence-electron chi connectivity index (χ3n) is 5.41. The summed E-state index contributed by atoms with van der Waals surface area (Å²) < 4.78 is 11.8. The van der Waals surface area contributed by atoms with Crippen molar-refractivity contribution in [1.82, 2.24) is 0 Å². The van der Waals surface area contributed by atoms with Gasteiger partial charge >= 0.3 is 0 Å². The van der Waals surface area contributed by atoms with Crippen molar-refractivity contribution in [1.29, 1.82) is 0 Å². The first-order valence-corrected chi connectivity index (χ1v) is 10.6. The molecule has 0 aliphatic rings. The molecule has 0 bridgehead atoms. The van der Waals surface area contributed by atoms with Crippen molar-refractivity contribution < 1.29 is 14.3 Å². The predicted octanol–water partition coefficient (Wildman–Crippen LogP) is 6.46. The normalized spacial score (nSPS) is 10.6. The Balaban J connectivity index is 1.83. The number of benzene rings is 3. The molecule has 162 valence electrons. The van der Waals surface area contributed by atoms with Gasteiger partial charge in [-0.2, -0.15) is 0 Å². The van der Waals surface area contributed by atoms with Crippen LogP contribution in [0.2, 0.25) is 0 Å². The van der Waals surface area contributed by atoms with E-state index in [1.54, 1.807) is 6.07 Å². The van der Waals surface area contributed by atoms with Crippen molar-refractivity contribution in [3.05, 3.63) is 87.5 Å². The Bertz CT molecular complexity index is 1080. The third-order valence-corrected chi connectivity index (χ3v) is 5.41. The fourth-order valence-electron chi connectivity index (χ4n) is 3.66. The fourth-order valence-corrected chi connectivity index (χ4v) is 3.66. The number of nitrogens with one attached hydrogen (secondary N) is 1. The van der Waals surface area contributed by atoms with Crippen LogP contribution in [0.25, 0.3) is 0 Å². The van der Waals surface area contributed by atoms with Gasteiger partial charge in [0.15, 0.2) is 0 Å². The van der Waals surface area contributed by atoms with Crippen LogP contribution in [0, 0.1) is 34.6 Å². The highest BCUT2D eigenvalue weighted by molar-refractivity contribution is 6.05. The Labute approximate surface area is 185 Å². The summed E-state index contributed by atoms with van der Waals surface area (Å²) in [6.45, 7) is 13.0. The van der Waals surface area contributed by atoms with E-state index in [0.717, 1.165) is 33.9 Å². The first kappa shape index (κ1) is 22.4. The van der Waals surface area contributed by atoms with Gasteiger partial charge < -0.3 is 14.8 Å². The van der Waals surface area contributed by atoms with Gasteiger partial charge in [0.1, 0.15) is 18.1 Å². The number of amides is 1. The van der Waals surface area contributed by atoms with Crippen LogP contribution in [-0.4, -0.2) is 12.5 Å². The second-order valence-electron chi connectivity index (χ2n) is 8.02. The van der Waals surface area contributed by atoms with Crippen molar-refractivity contribution in [3.8, 4) is 11.5 Å². The van der Waals surface area contributed by atoms with Gasteiger partial charge in [0.25, 0.3) is 5.91 Å². The Hall–Kier alpha value is -3.27. The Kier molecular flexibility index (Phi) is 7.01. The summed E-state index contributed by atoms with van der Waals surface area (Å²) in [5.74, 6) is 1.38.